The number of benzene rings is 2. The van der Waals surface area contributed by atoms with Crippen molar-refractivity contribution in [3.8, 4) is 5.75 Å². The van der Waals surface area contributed by atoms with Gasteiger partial charge in [0.15, 0.2) is 0 Å². The average molecular weight is 327 g/mol. The van der Waals surface area contributed by atoms with E-state index >= 15 is 0 Å². The molecule has 1 unspecified atom stereocenters. The molecule has 2 aromatic carbocycles. The Balaban J connectivity index is 1.79. The number of carbonyl (C=O) groups excluding carboxylic acids is 1. The molecule has 0 bridgehead atoms. The van der Waals surface area contributed by atoms with Gasteiger partial charge in [-0.15, -0.1) is 0 Å². The first-order valence-corrected chi connectivity index (χ1v) is 8.14. The minimum absolute atomic E-state index is 0.0532. The van der Waals surface area contributed by atoms with Crippen LogP contribution < -0.4 is 10.1 Å². The van der Waals surface area contributed by atoms with Crippen molar-refractivity contribution >= 4 is 5.91 Å². The summed E-state index contributed by atoms with van der Waals surface area (Å²) in [6, 6.07) is 13.4. The Hall–Kier alpha value is -2.33. The number of nitrogens with one attached hydrogen (secondary N) is 1. The molecule has 128 valence electrons. The summed E-state index contributed by atoms with van der Waals surface area (Å²) in [6.45, 7) is 4.33. The Kier molecular flexibility index (Phi) is 6.38. The quantitative estimate of drug-likeness (QED) is 0.821. The van der Waals surface area contributed by atoms with Gasteiger partial charge in [0.2, 0.25) is 5.91 Å². The van der Waals surface area contributed by atoms with Gasteiger partial charge >= 0.3 is 0 Å². The smallest absolute Gasteiger partial charge is 0.220 e. The van der Waals surface area contributed by atoms with E-state index in [1.54, 1.807) is 31.4 Å². The van der Waals surface area contributed by atoms with Gasteiger partial charge in [0, 0.05) is 13.0 Å². The molecule has 0 saturated carbocycles. The van der Waals surface area contributed by atoms with Crippen molar-refractivity contribution < 1.29 is 14.6 Å². The Labute approximate surface area is 143 Å². The number of rotatable bonds is 7. The molecule has 2 rings (SSSR count). The van der Waals surface area contributed by atoms with Gasteiger partial charge in [0.25, 0.3) is 0 Å². The van der Waals surface area contributed by atoms with Gasteiger partial charge in [-0.1, -0.05) is 35.9 Å². The second-order valence-corrected chi connectivity index (χ2v) is 6.02. The van der Waals surface area contributed by atoms with Crippen LogP contribution in [-0.2, 0) is 11.2 Å². The van der Waals surface area contributed by atoms with Gasteiger partial charge in [0.1, 0.15) is 5.75 Å². The standard InChI is InChI=1S/C20H25NO3/c1-14-4-5-16(15(2)12-14)8-11-20(23)21-13-19(22)17-6-9-18(24-3)10-7-17/h4-7,9-10,12,19,22H,8,11,13H2,1-3H3,(H,21,23). The molecular weight excluding hydrogens is 302 g/mol. The van der Waals surface area contributed by atoms with E-state index in [1.165, 1.54) is 16.7 Å². The number of aryl methyl sites for hydroxylation is 3. The van der Waals surface area contributed by atoms with Gasteiger partial charge in [-0.25, -0.2) is 0 Å². The molecule has 2 N–H and O–H groups in total. The van der Waals surface area contributed by atoms with E-state index in [9.17, 15) is 9.90 Å². The molecule has 0 saturated heterocycles. The minimum atomic E-state index is -0.721. The van der Waals surface area contributed by atoms with Crippen LogP contribution in [0.4, 0.5) is 0 Å². The third-order valence-corrected chi connectivity index (χ3v) is 4.11. The van der Waals surface area contributed by atoms with E-state index in [4.69, 9.17) is 4.74 Å². The largest absolute Gasteiger partial charge is 0.497 e. The molecule has 0 aromatic heterocycles. The van der Waals surface area contributed by atoms with Gasteiger partial charge in [0.05, 0.1) is 13.2 Å². The van der Waals surface area contributed by atoms with Crippen LogP contribution in [0, 0.1) is 13.8 Å². The highest BCUT2D eigenvalue weighted by Crippen LogP contribution is 2.17. The third-order valence-electron chi connectivity index (χ3n) is 4.11. The molecule has 0 aliphatic heterocycles. The van der Waals surface area contributed by atoms with Crippen molar-refractivity contribution in [2.75, 3.05) is 13.7 Å². The zero-order chi connectivity index (χ0) is 17.5. The van der Waals surface area contributed by atoms with Crippen LogP contribution in [0.2, 0.25) is 0 Å². The minimum Gasteiger partial charge on any atom is -0.497 e. The number of hydrogen-bond acceptors (Lipinski definition) is 3. The molecule has 0 radical (unpaired) electrons. The molecule has 0 spiro atoms. The number of aliphatic hydroxyl groups excluding tert-OH is 1. The molecule has 24 heavy (non-hydrogen) atoms. The van der Waals surface area contributed by atoms with Crippen LogP contribution in [0.5, 0.6) is 5.75 Å². The highest BCUT2D eigenvalue weighted by Gasteiger charge is 2.10. The van der Waals surface area contributed by atoms with Gasteiger partial charge in [-0.2, -0.15) is 0 Å². The van der Waals surface area contributed by atoms with Crippen LogP contribution in [0.25, 0.3) is 0 Å². The second kappa shape index (κ2) is 8.50. The molecule has 0 aliphatic carbocycles. The summed E-state index contributed by atoms with van der Waals surface area (Å²) in [4.78, 5) is 12.0. The highest BCUT2D eigenvalue weighted by atomic mass is 16.5. The van der Waals surface area contributed by atoms with Crippen molar-refractivity contribution in [2.24, 2.45) is 0 Å². The monoisotopic (exact) mass is 327 g/mol. The zero-order valence-electron chi connectivity index (χ0n) is 14.5. The lowest BCUT2D eigenvalue weighted by atomic mass is 10.0. The van der Waals surface area contributed by atoms with E-state index in [-0.39, 0.29) is 12.5 Å². The van der Waals surface area contributed by atoms with Gasteiger partial charge in [-0.3, -0.25) is 4.79 Å². The van der Waals surface area contributed by atoms with E-state index in [2.05, 4.69) is 37.4 Å². The van der Waals surface area contributed by atoms with Crippen LogP contribution in [-0.4, -0.2) is 24.7 Å². The topological polar surface area (TPSA) is 58.6 Å². The van der Waals surface area contributed by atoms with E-state index in [0.717, 1.165) is 11.3 Å². The van der Waals surface area contributed by atoms with E-state index < -0.39 is 6.10 Å². The lowest BCUT2D eigenvalue weighted by Crippen LogP contribution is -2.28. The molecule has 0 heterocycles. The van der Waals surface area contributed by atoms with Crippen molar-refractivity contribution in [1.29, 1.82) is 0 Å². The third kappa shape index (κ3) is 5.10. The maximum Gasteiger partial charge on any atom is 0.220 e. The first-order chi connectivity index (χ1) is 11.5. The van der Waals surface area contributed by atoms with Crippen molar-refractivity contribution in [3.63, 3.8) is 0 Å². The van der Waals surface area contributed by atoms with Gasteiger partial charge < -0.3 is 15.2 Å². The fourth-order valence-corrected chi connectivity index (χ4v) is 2.62. The van der Waals surface area contributed by atoms with Crippen molar-refractivity contribution in [1.82, 2.24) is 5.32 Å². The summed E-state index contributed by atoms with van der Waals surface area (Å²) in [5.41, 5.74) is 4.38. The molecule has 0 fully saturated rings. The Morgan fingerprint density at radius 3 is 2.50 bits per heavy atom. The number of ether oxygens (including phenoxy) is 1. The fraction of sp³-hybridized carbons (Fsp3) is 0.350. The maximum atomic E-state index is 12.0. The number of hydrogen-bond donors (Lipinski definition) is 2. The summed E-state index contributed by atoms with van der Waals surface area (Å²) in [5, 5.41) is 12.9. The first kappa shape index (κ1) is 18.0. The van der Waals surface area contributed by atoms with Gasteiger partial charge in [-0.05, 0) is 49.1 Å². The lowest BCUT2D eigenvalue weighted by molar-refractivity contribution is -0.121. The number of carbonyl (C=O) groups is 1. The predicted molar refractivity (Wildman–Crippen MR) is 95.2 cm³/mol. The summed E-state index contributed by atoms with van der Waals surface area (Å²) in [5.74, 6) is 0.686. The second-order valence-electron chi connectivity index (χ2n) is 6.02. The Morgan fingerprint density at radius 1 is 1.17 bits per heavy atom. The Bertz CT molecular complexity index is 680. The molecule has 2 aromatic rings. The maximum absolute atomic E-state index is 12.0. The van der Waals surface area contributed by atoms with Crippen LogP contribution in [0.15, 0.2) is 42.5 Å². The van der Waals surface area contributed by atoms with E-state index in [0.29, 0.717) is 12.8 Å². The summed E-state index contributed by atoms with van der Waals surface area (Å²) in [6.07, 6.45) is 0.400. The Morgan fingerprint density at radius 2 is 1.88 bits per heavy atom. The fourth-order valence-electron chi connectivity index (χ4n) is 2.62. The molecule has 1 amide bonds. The summed E-state index contributed by atoms with van der Waals surface area (Å²) < 4.78 is 5.09. The van der Waals surface area contributed by atoms with Crippen molar-refractivity contribution in [3.05, 3.63) is 64.7 Å². The highest BCUT2D eigenvalue weighted by molar-refractivity contribution is 5.76. The number of amides is 1. The van der Waals surface area contributed by atoms with Crippen molar-refractivity contribution in [2.45, 2.75) is 32.8 Å². The van der Waals surface area contributed by atoms with E-state index in [1.807, 2.05) is 0 Å². The van der Waals surface area contributed by atoms with Crippen LogP contribution in [0.3, 0.4) is 0 Å². The number of aliphatic hydroxyl groups is 1. The summed E-state index contributed by atoms with van der Waals surface area (Å²) >= 11 is 0. The van der Waals surface area contributed by atoms with Crippen LogP contribution in [0.1, 0.15) is 34.8 Å². The predicted octanol–water partition coefficient (Wildman–Crippen LogP) is 3.09. The molecular formula is C20H25NO3. The average Bonchev–Trinajstić information content (AvgIpc) is 2.59. The first-order valence-electron chi connectivity index (χ1n) is 8.14. The number of methoxy groups -OCH3 is 1. The van der Waals surface area contributed by atoms with Crippen LogP contribution >= 0.6 is 0 Å². The zero-order valence-corrected chi connectivity index (χ0v) is 14.5. The molecule has 4 heteroatoms. The normalized spacial score (nSPS) is 11.8. The lowest BCUT2D eigenvalue weighted by Gasteiger charge is -2.13. The molecule has 0 aliphatic rings. The summed E-state index contributed by atoms with van der Waals surface area (Å²) in [7, 11) is 1.60. The molecule has 1 atom stereocenters. The SMILES string of the molecule is COc1ccc(C(O)CNC(=O)CCc2ccc(C)cc2C)cc1. The molecule has 4 nitrogen and oxygen atoms in total.